The average molecular weight is 401 g/mol. The molecule has 0 aliphatic carbocycles. The van der Waals surface area contributed by atoms with Crippen molar-refractivity contribution in [3.8, 4) is 0 Å². The van der Waals surface area contributed by atoms with E-state index in [1.54, 1.807) is 12.3 Å². The largest absolute Gasteiger partial charge is 0.381 e. The van der Waals surface area contributed by atoms with E-state index in [0.717, 1.165) is 34.4 Å². The van der Waals surface area contributed by atoms with E-state index < -0.39 is 0 Å². The Balaban J connectivity index is 1.49. The first kappa shape index (κ1) is 19.0. The van der Waals surface area contributed by atoms with Gasteiger partial charge in [0.15, 0.2) is 0 Å². The summed E-state index contributed by atoms with van der Waals surface area (Å²) in [5.41, 5.74) is 2.38. The minimum atomic E-state index is -0.299. The first-order chi connectivity index (χ1) is 13.6. The summed E-state index contributed by atoms with van der Waals surface area (Å²) in [6, 6.07) is 12.4. The van der Waals surface area contributed by atoms with E-state index in [-0.39, 0.29) is 23.6 Å². The third-order valence-corrected chi connectivity index (χ3v) is 5.93. The molecule has 0 saturated carbocycles. The number of aromatic nitrogens is 1. The van der Waals surface area contributed by atoms with Crippen LogP contribution in [0.3, 0.4) is 0 Å². The van der Waals surface area contributed by atoms with Crippen LogP contribution in [0.2, 0.25) is 5.02 Å². The van der Waals surface area contributed by atoms with Gasteiger partial charge in [-0.05, 0) is 48.2 Å². The topological polar surface area (TPSA) is 54.1 Å². The van der Waals surface area contributed by atoms with Gasteiger partial charge in [0.05, 0.1) is 6.42 Å². The summed E-state index contributed by atoms with van der Waals surface area (Å²) in [7, 11) is 0. The van der Waals surface area contributed by atoms with Crippen molar-refractivity contribution in [1.82, 2.24) is 10.3 Å². The molecule has 2 aromatic carbocycles. The van der Waals surface area contributed by atoms with Crippen LogP contribution in [0, 0.1) is 5.82 Å². The van der Waals surface area contributed by atoms with E-state index in [4.69, 9.17) is 16.3 Å². The monoisotopic (exact) mass is 400 g/mol. The normalized spacial score (nSPS) is 16.2. The second kappa shape index (κ2) is 7.94. The Hall–Kier alpha value is -2.37. The quantitative estimate of drug-likeness (QED) is 0.668. The van der Waals surface area contributed by atoms with Crippen molar-refractivity contribution in [2.45, 2.75) is 24.7 Å². The van der Waals surface area contributed by atoms with Gasteiger partial charge in [0.2, 0.25) is 5.91 Å². The van der Waals surface area contributed by atoms with Gasteiger partial charge in [0.1, 0.15) is 5.82 Å². The second-order valence-corrected chi connectivity index (χ2v) is 7.74. The van der Waals surface area contributed by atoms with Gasteiger partial charge in [0.25, 0.3) is 0 Å². The minimum Gasteiger partial charge on any atom is -0.381 e. The van der Waals surface area contributed by atoms with Crippen molar-refractivity contribution in [3.05, 3.63) is 70.6 Å². The number of H-pyrrole nitrogens is 1. The zero-order chi connectivity index (χ0) is 19.6. The lowest BCUT2D eigenvalue weighted by Gasteiger charge is -2.38. The van der Waals surface area contributed by atoms with Gasteiger partial charge >= 0.3 is 0 Å². The average Bonchev–Trinajstić information content (AvgIpc) is 3.09. The van der Waals surface area contributed by atoms with Crippen LogP contribution >= 0.6 is 11.6 Å². The Bertz CT molecular complexity index is 995. The van der Waals surface area contributed by atoms with Gasteiger partial charge in [-0.3, -0.25) is 4.79 Å². The van der Waals surface area contributed by atoms with Crippen molar-refractivity contribution in [3.63, 3.8) is 0 Å². The van der Waals surface area contributed by atoms with E-state index in [2.05, 4.69) is 10.3 Å². The van der Waals surface area contributed by atoms with Crippen LogP contribution in [0.5, 0.6) is 0 Å². The molecule has 1 aromatic heterocycles. The highest BCUT2D eigenvalue weighted by atomic mass is 35.5. The molecule has 0 atom stereocenters. The summed E-state index contributed by atoms with van der Waals surface area (Å²) in [5.74, 6) is -0.366. The maximum absolute atomic E-state index is 13.4. The third-order valence-electron chi connectivity index (χ3n) is 5.60. The number of aromatic amines is 1. The van der Waals surface area contributed by atoms with E-state index in [1.165, 1.54) is 12.1 Å². The third kappa shape index (κ3) is 3.77. The molecule has 0 unspecified atom stereocenters. The smallest absolute Gasteiger partial charge is 0.224 e. The summed E-state index contributed by atoms with van der Waals surface area (Å²) >= 11 is 6.47. The molecule has 0 bridgehead atoms. The van der Waals surface area contributed by atoms with Crippen LogP contribution < -0.4 is 5.32 Å². The highest BCUT2D eigenvalue weighted by molar-refractivity contribution is 6.31. The fraction of sp³-hybridized carbons (Fsp3) is 0.318. The molecule has 0 spiro atoms. The molecule has 6 heteroatoms. The molecule has 3 aromatic rings. The fourth-order valence-corrected chi connectivity index (χ4v) is 4.34. The SMILES string of the molecule is O=C(Cc1c[nH]c2cc(F)ccc12)NCC1(c2ccccc2Cl)CCOCC1. The molecule has 1 aliphatic heterocycles. The lowest BCUT2D eigenvalue weighted by molar-refractivity contribution is -0.120. The standard InChI is InChI=1S/C22H22ClFN2O2/c23-19-4-2-1-3-18(19)22(7-9-28-10-8-22)14-26-21(27)11-15-13-25-20-12-16(24)5-6-17(15)20/h1-6,12-13,25H,7-11,14H2,(H,26,27). The number of benzene rings is 2. The lowest BCUT2D eigenvalue weighted by atomic mass is 9.74. The molecular formula is C22H22ClFN2O2. The van der Waals surface area contributed by atoms with Crippen LogP contribution in [0.1, 0.15) is 24.0 Å². The van der Waals surface area contributed by atoms with Gasteiger partial charge in [-0.2, -0.15) is 0 Å². The molecule has 1 saturated heterocycles. The Kier molecular flexibility index (Phi) is 5.38. The van der Waals surface area contributed by atoms with Crippen LogP contribution in [-0.4, -0.2) is 30.6 Å². The molecule has 28 heavy (non-hydrogen) atoms. The summed E-state index contributed by atoms with van der Waals surface area (Å²) in [6.45, 7) is 1.81. The van der Waals surface area contributed by atoms with Gasteiger partial charge < -0.3 is 15.0 Å². The Labute approximate surface area is 168 Å². The molecule has 2 N–H and O–H groups in total. The van der Waals surface area contributed by atoms with E-state index >= 15 is 0 Å². The first-order valence-electron chi connectivity index (χ1n) is 9.42. The van der Waals surface area contributed by atoms with Gasteiger partial charge in [0, 0.05) is 47.3 Å². The second-order valence-electron chi connectivity index (χ2n) is 7.33. The number of amides is 1. The maximum Gasteiger partial charge on any atom is 0.224 e. The number of carbonyl (C=O) groups excluding carboxylic acids is 1. The Morgan fingerprint density at radius 1 is 1.21 bits per heavy atom. The first-order valence-corrected chi connectivity index (χ1v) is 9.80. The number of hydrogen-bond acceptors (Lipinski definition) is 2. The minimum absolute atomic E-state index is 0.0665. The highest BCUT2D eigenvalue weighted by Gasteiger charge is 2.36. The summed E-state index contributed by atoms with van der Waals surface area (Å²) in [5, 5.41) is 4.68. The molecule has 4 nitrogen and oxygen atoms in total. The number of nitrogens with one attached hydrogen (secondary N) is 2. The van der Waals surface area contributed by atoms with Crippen molar-refractivity contribution in [1.29, 1.82) is 0 Å². The molecular weight excluding hydrogens is 379 g/mol. The number of fused-ring (bicyclic) bond motifs is 1. The Morgan fingerprint density at radius 3 is 2.79 bits per heavy atom. The zero-order valence-corrected chi connectivity index (χ0v) is 16.2. The molecule has 2 heterocycles. The highest BCUT2D eigenvalue weighted by Crippen LogP contribution is 2.38. The van der Waals surface area contributed by atoms with Crippen LogP contribution in [0.4, 0.5) is 4.39 Å². The fourth-order valence-electron chi connectivity index (χ4n) is 4.00. The van der Waals surface area contributed by atoms with Gasteiger partial charge in [-0.25, -0.2) is 4.39 Å². The summed E-state index contributed by atoms with van der Waals surface area (Å²) in [4.78, 5) is 15.7. The molecule has 146 valence electrons. The zero-order valence-electron chi connectivity index (χ0n) is 15.4. The summed E-state index contributed by atoms with van der Waals surface area (Å²) in [6.07, 6.45) is 3.62. The van der Waals surface area contributed by atoms with Gasteiger partial charge in [-0.15, -0.1) is 0 Å². The van der Waals surface area contributed by atoms with E-state index in [9.17, 15) is 9.18 Å². The Morgan fingerprint density at radius 2 is 2.00 bits per heavy atom. The van der Waals surface area contributed by atoms with Crippen LogP contribution in [-0.2, 0) is 21.4 Å². The predicted octanol–water partition coefficient (Wildman–Crippen LogP) is 4.37. The van der Waals surface area contributed by atoms with E-state index in [1.807, 2.05) is 24.3 Å². The molecule has 1 fully saturated rings. The number of hydrogen-bond donors (Lipinski definition) is 2. The predicted molar refractivity (Wildman–Crippen MR) is 108 cm³/mol. The maximum atomic E-state index is 13.4. The lowest BCUT2D eigenvalue weighted by Crippen LogP contribution is -2.45. The molecule has 4 rings (SSSR count). The molecule has 1 amide bonds. The van der Waals surface area contributed by atoms with Crippen LogP contribution in [0.15, 0.2) is 48.7 Å². The number of rotatable bonds is 5. The molecule has 1 aliphatic rings. The van der Waals surface area contributed by atoms with Crippen molar-refractivity contribution in [2.75, 3.05) is 19.8 Å². The van der Waals surface area contributed by atoms with E-state index in [0.29, 0.717) is 25.3 Å². The van der Waals surface area contributed by atoms with Crippen molar-refractivity contribution in [2.24, 2.45) is 0 Å². The van der Waals surface area contributed by atoms with Crippen molar-refractivity contribution >= 4 is 28.4 Å². The molecule has 0 radical (unpaired) electrons. The van der Waals surface area contributed by atoms with Gasteiger partial charge in [-0.1, -0.05) is 29.8 Å². The summed E-state index contributed by atoms with van der Waals surface area (Å²) < 4.78 is 18.9. The van der Waals surface area contributed by atoms with Crippen molar-refractivity contribution < 1.29 is 13.9 Å². The number of halogens is 2. The number of carbonyl (C=O) groups is 1. The number of ether oxygens (including phenoxy) is 1. The van der Waals surface area contributed by atoms with Crippen LogP contribution in [0.25, 0.3) is 10.9 Å².